The summed E-state index contributed by atoms with van der Waals surface area (Å²) in [5, 5.41) is 7.60. The molecule has 4 rings (SSSR count). The van der Waals surface area contributed by atoms with Crippen molar-refractivity contribution in [2.24, 2.45) is 0 Å². The average molecular weight is 448 g/mol. The predicted octanol–water partition coefficient (Wildman–Crippen LogP) is 2.11. The third-order valence-electron chi connectivity index (χ3n) is 6.13. The van der Waals surface area contributed by atoms with Crippen LogP contribution in [0.2, 0.25) is 0 Å². The van der Waals surface area contributed by atoms with E-state index in [4.69, 9.17) is 9.47 Å². The van der Waals surface area contributed by atoms with Crippen LogP contribution in [0.25, 0.3) is 0 Å². The Balaban J connectivity index is 1.46. The first-order valence-corrected chi connectivity index (χ1v) is 12.5. The second-order valence-electron chi connectivity index (χ2n) is 8.18. The molecule has 0 bridgehead atoms. The first-order valence-electron chi connectivity index (χ1n) is 10.7. The standard InChI is InChI=1S/C22H29N3O5S/c1-29-19-8-7-15(13-20(19)30-2)9-11-23-22(26)21-17-5-3-4-6-18(17)25(24-21)16-10-12-31(27,28)14-16/h7-8,13,16H,3-6,9-12,14H2,1-2H3,(H,23,26)/t16-/m0/s1. The number of carbonyl (C=O) groups excluding carboxylic acids is 1. The molecule has 1 aromatic heterocycles. The Bertz CT molecular complexity index is 1080. The number of amides is 1. The van der Waals surface area contributed by atoms with Gasteiger partial charge in [-0.25, -0.2) is 8.42 Å². The van der Waals surface area contributed by atoms with Crippen LogP contribution in [0.1, 0.15) is 52.6 Å². The molecule has 1 N–H and O–H groups in total. The summed E-state index contributed by atoms with van der Waals surface area (Å²) in [6.45, 7) is 0.466. The van der Waals surface area contributed by atoms with Gasteiger partial charge in [-0.05, 0) is 56.2 Å². The predicted molar refractivity (Wildman–Crippen MR) is 117 cm³/mol. The number of sulfone groups is 1. The zero-order valence-electron chi connectivity index (χ0n) is 18.0. The van der Waals surface area contributed by atoms with E-state index in [9.17, 15) is 13.2 Å². The Labute approximate surface area is 182 Å². The number of ether oxygens (including phenoxy) is 2. The molecule has 1 saturated heterocycles. The SMILES string of the molecule is COc1ccc(CCNC(=O)c2nn([C@H]3CCS(=O)(=O)C3)c3c2CCCC3)cc1OC. The minimum atomic E-state index is -3.02. The summed E-state index contributed by atoms with van der Waals surface area (Å²) < 4.78 is 36.3. The maximum absolute atomic E-state index is 12.9. The molecule has 0 saturated carbocycles. The van der Waals surface area contributed by atoms with Gasteiger partial charge in [0.05, 0.1) is 31.8 Å². The van der Waals surface area contributed by atoms with Gasteiger partial charge in [0.25, 0.3) is 5.91 Å². The van der Waals surface area contributed by atoms with Crippen molar-refractivity contribution < 1.29 is 22.7 Å². The van der Waals surface area contributed by atoms with Crippen molar-refractivity contribution in [1.29, 1.82) is 0 Å². The number of carbonyl (C=O) groups is 1. The summed E-state index contributed by atoms with van der Waals surface area (Å²) in [6, 6.07) is 5.54. The van der Waals surface area contributed by atoms with Gasteiger partial charge in [0.2, 0.25) is 0 Å². The van der Waals surface area contributed by atoms with Crippen LogP contribution in [0, 0.1) is 0 Å². The Morgan fingerprint density at radius 2 is 1.97 bits per heavy atom. The van der Waals surface area contributed by atoms with Gasteiger partial charge in [-0.2, -0.15) is 5.10 Å². The van der Waals surface area contributed by atoms with Crippen molar-refractivity contribution in [3.05, 3.63) is 40.7 Å². The Hall–Kier alpha value is -2.55. The van der Waals surface area contributed by atoms with Crippen molar-refractivity contribution in [1.82, 2.24) is 15.1 Å². The van der Waals surface area contributed by atoms with Gasteiger partial charge in [-0.1, -0.05) is 6.07 Å². The Morgan fingerprint density at radius 3 is 2.68 bits per heavy atom. The normalized spacial score (nSPS) is 19.6. The van der Waals surface area contributed by atoms with Gasteiger partial charge < -0.3 is 14.8 Å². The number of hydrogen-bond acceptors (Lipinski definition) is 6. The zero-order valence-corrected chi connectivity index (χ0v) is 18.8. The molecule has 1 atom stereocenters. The number of benzene rings is 1. The van der Waals surface area contributed by atoms with E-state index in [-0.39, 0.29) is 23.5 Å². The van der Waals surface area contributed by atoms with E-state index in [0.29, 0.717) is 36.6 Å². The van der Waals surface area contributed by atoms with Crippen LogP contribution in [0.5, 0.6) is 11.5 Å². The summed E-state index contributed by atoms with van der Waals surface area (Å²) >= 11 is 0. The molecule has 9 heteroatoms. The van der Waals surface area contributed by atoms with Gasteiger partial charge in [-0.3, -0.25) is 9.48 Å². The van der Waals surface area contributed by atoms with Gasteiger partial charge in [0.1, 0.15) is 0 Å². The summed E-state index contributed by atoms with van der Waals surface area (Å²) in [7, 11) is 0.174. The van der Waals surface area contributed by atoms with E-state index in [2.05, 4.69) is 10.4 Å². The molecule has 2 aliphatic rings. The topological polar surface area (TPSA) is 99.5 Å². The first kappa shape index (κ1) is 21.7. The van der Waals surface area contributed by atoms with Crippen molar-refractivity contribution in [2.45, 2.75) is 44.6 Å². The lowest BCUT2D eigenvalue weighted by atomic mass is 9.95. The summed E-state index contributed by atoms with van der Waals surface area (Å²) in [6.07, 6.45) is 4.93. The number of aromatic nitrogens is 2. The third kappa shape index (κ3) is 4.56. The highest BCUT2D eigenvalue weighted by molar-refractivity contribution is 7.91. The van der Waals surface area contributed by atoms with Gasteiger partial charge in [0.15, 0.2) is 27.0 Å². The summed E-state index contributed by atoms with van der Waals surface area (Å²) in [5.41, 5.74) is 3.51. The lowest BCUT2D eigenvalue weighted by Gasteiger charge is -2.17. The van der Waals surface area contributed by atoms with Crippen LogP contribution in [0.15, 0.2) is 18.2 Å². The lowest BCUT2D eigenvalue weighted by molar-refractivity contribution is 0.0947. The molecule has 0 unspecified atom stereocenters. The van der Waals surface area contributed by atoms with E-state index >= 15 is 0 Å². The number of hydrogen-bond donors (Lipinski definition) is 1. The molecule has 1 aromatic carbocycles. The second kappa shape index (κ2) is 8.90. The van der Waals surface area contributed by atoms with Crippen LogP contribution in [0.3, 0.4) is 0 Å². The third-order valence-corrected chi connectivity index (χ3v) is 7.88. The molecule has 1 amide bonds. The van der Waals surface area contributed by atoms with E-state index < -0.39 is 9.84 Å². The van der Waals surface area contributed by atoms with E-state index in [0.717, 1.165) is 42.5 Å². The lowest BCUT2D eigenvalue weighted by Crippen LogP contribution is -2.27. The molecular formula is C22H29N3O5S. The van der Waals surface area contributed by atoms with E-state index in [1.165, 1.54) is 0 Å². The molecule has 168 valence electrons. The monoisotopic (exact) mass is 447 g/mol. The minimum Gasteiger partial charge on any atom is -0.493 e. The van der Waals surface area contributed by atoms with Crippen LogP contribution in [-0.4, -0.2) is 56.4 Å². The van der Waals surface area contributed by atoms with Crippen molar-refractivity contribution in [3.8, 4) is 11.5 Å². The molecular weight excluding hydrogens is 418 g/mol. The quantitative estimate of drug-likeness (QED) is 0.698. The van der Waals surface area contributed by atoms with Crippen LogP contribution in [-0.2, 0) is 29.1 Å². The van der Waals surface area contributed by atoms with Crippen molar-refractivity contribution in [3.63, 3.8) is 0 Å². The van der Waals surface area contributed by atoms with Crippen molar-refractivity contribution in [2.75, 3.05) is 32.3 Å². The molecule has 8 nitrogen and oxygen atoms in total. The number of fused-ring (bicyclic) bond motifs is 1. The summed E-state index contributed by atoms with van der Waals surface area (Å²) in [4.78, 5) is 12.9. The molecule has 0 radical (unpaired) electrons. The maximum atomic E-state index is 12.9. The van der Waals surface area contributed by atoms with E-state index in [1.807, 2.05) is 22.9 Å². The number of rotatable bonds is 7. The zero-order chi connectivity index (χ0) is 22.0. The second-order valence-corrected chi connectivity index (χ2v) is 10.4. The molecule has 1 fully saturated rings. The summed E-state index contributed by atoms with van der Waals surface area (Å²) in [5.74, 6) is 1.44. The fourth-order valence-electron chi connectivity index (χ4n) is 4.52. The van der Waals surface area contributed by atoms with E-state index in [1.54, 1.807) is 14.2 Å². The number of nitrogens with one attached hydrogen (secondary N) is 1. The van der Waals surface area contributed by atoms with Gasteiger partial charge >= 0.3 is 0 Å². The molecule has 1 aliphatic heterocycles. The van der Waals surface area contributed by atoms with Crippen molar-refractivity contribution >= 4 is 15.7 Å². The fraction of sp³-hybridized carbons (Fsp3) is 0.545. The molecule has 2 heterocycles. The highest BCUT2D eigenvalue weighted by Gasteiger charge is 2.34. The molecule has 1 aliphatic carbocycles. The smallest absolute Gasteiger partial charge is 0.272 e. The Kier molecular flexibility index (Phi) is 6.22. The maximum Gasteiger partial charge on any atom is 0.272 e. The first-order chi connectivity index (χ1) is 14.9. The molecule has 0 spiro atoms. The van der Waals surface area contributed by atoms with Crippen LogP contribution in [0.4, 0.5) is 0 Å². The minimum absolute atomic E-state index is 0.113. The Morgan fingerprint density at radius 1 is 1.19 bits per heavy atom. The molecule has 31 heavy (non-hydrogen) atoms. The highest BCUT2D eigenvalue weighted by Crippen LogP contribution is 2.31. The molecule has 2 aromatic rings. The van der Waals surface area contributed by atoms with Crippen LogP contribution >= 0.6 is 0 Å². The van der Waals surface area contributed by atoms with Crippen LogP contribution < -0.4 is 14.8 Å². The number of nitrogens with zero attached hydrogens (tertiary/aromatic N) is 2. The fourth-order valence-corrected chi connectivity index (χ4v) is 6.21. The largest absolute Gasteiger partial charge is 0.493 e. The average Bonchev–Trinajstić information content (AvgIpc) is 3.33. The number of methoxy groups -OCH3 is 2. The van der Waals surface area contributed by atoms with Gasteiger partial charge in [-0.15, -0.1) is 0 Å². The highest BCUT2D eigenvalue weighted by atomic mass is 32.2. The van der Waals surface area contributed by atoms with Gasteiger partial charge in [0, 0.05) is 17.8 Å².